The molecular formula is Nb2O5. The third-order valence-corrected chi connectivity index (χ3v) is 0. The second-order valence-electron chi connectivity index (χ2n) is 0.745. The minimum atomic E-state index is -7.94. The Morgan fingerprint density at radius 2 is 0.714 bits per heavy atom. The van der Waals surface area contributed by atoms with Crippen LogP contribution in [0.25, 0.3) is 0 Å². The van der Waals surface area contributed by atoms with Gasteiger partial charge in [0.15, 0.2) is 0 Å². The van der Waals surface area contributed by atoms with Gasteiger partial charge in [0.25, 0.3) is 0 Å². The summed E-state index contributed by atoms with van der Waals surface area (Å²) in [6.07, 6.45) is 0. The molecule has 0 aliphatic carbocycles. The van der Waals surface area contributed by atoms with E-state index in [1.807, 2.05) is 0 Å². The zero-order valence-corrected chi connectivity index (χ0v) is 7.33. The fraction of sp³-hybridized carbons (Fsp3) is 0. The van der Waals surface area contributed by atoms with E-state index in [2.05, 4.69) is 0 Å². The predicted octanol–water partition coefficient (Wildman–Crippen LogP) is -0.599. The first kappa shape index (κ1) is 10.5. The Bertz CT molecular complexity index is 276. The molecule has 0 heterocycles. The molecule has 0 spiro atoms. The Balaban J connectivity index is 0. The molecule has 40 valence electrons. The van der Waals surface area contributed by atoms with E-state index in [1.54, 1.807) is 0 Å². The summed E-state index contributed by atoms with van der Waals surface area (Å²) in [4.78, 5) is 0. The zero-order valence-electron chi connectivity index (χ0n) is 2.94. The van der Waals surface area contributed by atoms with Crippen LogP contribution in [-0.2, 0) is 54.3 Å². The molecule has 0 amide bonds. The maximum absolute atomic E-state index is 8.66. The van der Waals surface area contributed by atoms with Crippen LogP contribution in [0.4, 0.5) is 0 Å². The van der Waals surface area contributed by atoms with Crippen LogP contribution in [0, 0.1) is 0 Å². The molecule has 7 heteroatoms. The molecule has 1 radical (unpaired) electrons. The first-order valence-electron chi connectivity index (χ1n) is 0.913. The molecule has 0 aromatic heterocycles. The van der Waals surface area contributed by atoms with Gasteiger partial charge in [-0.25, -0.2) is 0 Å². The van der Waals surface area contributed by atoms with Crippen LogP contribution in [0.15, 0.2) is 0 Å². The van der Waals surface area contributed by atoms with Gasteiger partial charge in [0.2, 0.25) is 0 Å². The van der Waals surface area contributed by atoms with Gasteiger partial charge in [0.05, 0.1) is 0 Å². The van der Waals surface area contributed by atoms with Crippen molar-refractivity contribution in [3.8, 4) is 0 Å². The van der Waals surface area contributed by atoms with Crippen molar-refractivity contribution in [1.82, 2.24) is 0 Å². The second kappa shape index (κ2) is 1.77. The van der Waals surface area contributed by atoms with Crippen molar-refractivity contribution in [2.75, 3.05) is 0 Å². The summed E-state index contributed by atoms with van der Waals surface area (Å²) in [6, 6.07) is 0. The van der Waals surface area contributed by atoms with E-state index in [0.29, 0.717) is 0 Å². The monoisotopic (exact) mass is 266 g/mol. The van der Waals surface area contributed by atoms with Crippen LogP contribution in [-0.4, -0.2) is 0 Å². The molecule has 0 fully saturated rings. The Morgan fingerprint density at radius 3 is 0.714 bits per heavy atom. The fourth-order valence-electron chi connectivity index (χ4n) is 0. The second-order valence-corrected chi connectivity index (χ2v) is 4.41. The van der Waals surface area contributed by atoms with Crippen molar-refractivity contribution in [2.45, 2.75) is 0 Å². The van der Waals surface area contributed by atoms with Crippen molar-refractivity contribution in [2.24, 2.45) is 0 Å². The van der Waals surface area contributed by atoms with E-state index < -0.39 is 15.7 Å². The Kier molecular flexibility index (Phi) is 2.65. The molecule has 0 aromatic rings. The minimum absolute atomic E-state index is 0. The van der Waals surface area contributed by atoms with Gasteiger partial charge in [0, 0.05) is 22.4 Å². The summed E-state index contributed by atoms with van der Waals surface area (Å²) in [6.45, 7) is 0. The van der Waals surface area contributed by atoms with Gasteiger partial charge < -0.3 is 0 Å². The molecule has 0 saturated heterocycles. The van der Waals surface area contributed by atoms with Crippen molar-refractivity contribution in [1.29, 1.82) is 0 Å². The van der Waals surface area contributed by atoms with Crippen LogP contribution < -0.4 is 0 Å². The molecule has 0 aliphatic heterocycles. The van der Waals surface area contributed by atoms with E-state index in [4.69, 9.17) is 16.3 Å². The third kappa shape index (κ3) is 563. The van der Waals surface area contributed by atoms with E-state index in [-0.39, 0.29) is 22.4 Å². The molecule has 0 aliphatic rings. The molecule has 0 unspecified atom stereocenters. The van der Waals surface area contributed by atoms with Crippen LogP contribution in [0.2, 0.25) is 0 Å². The normalized spacial score (nSPS) is 8.57. The molecular weight excluding hydrogens is 266 g/mol. The molecule has 0 bridgehead atoms. The maximum atomic E-state index is 8.66. The van der Waals surface area contributed by atoms with Gasteiger partial charge in [0.1, 0.15) is 0 Å². The summed E-state index contributed by atoms with van der Waals surface area (Å²) in [5.74, 6) is 0. The molecule has 7 heavy (non-hydrogen) atoms. The number of hydrogen-bond acceptors (Lipinski definition) is 5. The first-order chi connectivity index (χ1) is 2.24. The molecule has 0 N–H and O–H groups in total. The van der Waals surface area contributed by atoms with E-state index in [1.165, 1.54) is 0 Å². The van der Waals surface area contributed by atoms with Crippen molar-refractivity contribution < 1.29 is 54.3 Å². The summed E-state index contributed by atoms with van der Waals surface area (Å²) < 4.78 is 43.3. The summed E-state index contributed by atoms with van der Waals surface area (Å²) >= 11 is -7.94. The molecule has 0 aromatic carbocycles. The first-order valence-corrected chi connectivity index (χ1v) is 5.40. The average Bonchev–Trinajstić information content (AvgIpc) is 0.650. The quantitative estimate of drug-likeness (QED) is 0.546. The Morgan fingerprint density at radius 1 is 0.714 bits per heavy atom. The van der Waals surface area contributed by atoms with Crippen molar-refractivity contribution in [3.05, 3.63) is 0 Å². The van der Waals surface area contributed by atoms with Crippen LogP contribution in [0.3, 0.4) is 0 Å². The third-order valence-electron chi connectivity index (χ3n) is 0. The molecule has 0 rings (SSSR count). The van der Waals surface area contributed by atoms with E-state index >= 15 is 0 Å². The molecule has 0 saturated carbocycles. The number of rotatable bonds is 0. The average molecular weight is 266 g/mol. The van der Waals surface area contributed by atoms with Crippen LogP contribution in [0.1, 0.15) is 0 Å². The van der Waals surface area contributed by atoms with Gasteiger partial charge in [-0.15, -0.1) is 0 Å². The molecule has 5 nitrogen and oxygen atoms in total. The van der Waals surface area contributed by atoms with Gasteiger partial charge in [-0.05, 0) is 0 Å². The number of hydrogen-bond donors (Lipinski definition) is 0. The zero-order chi connectivity index (χ0) is 5.45. The Hall–Kier alpha value is 0.481. The van der Waals surface area contributed by atoms with Gasteiger partial charge in [-0.2, -0.15) is 0 Å². The van der Waals surface area contributed by atoms with Crippen LogP contribution in [0.5, 0.6) is 0 Å². The van der Waals surface area contributed by atoms with E-state index in [0.717, 1.165) is 0 Å². The van der Waals surface area contributed by atoms with Crippen LogP contribution >= 0.6 is 0 Å². The standard InChI is InChI=1S/2Nb.5O. The van der Waals surface area contributed by atoms with Gasteiger partial charge in [-0.1, -0.05) is 0 Å². The van der Waals surface area contributed by atoms with Gasteiger partial charge >= 0.3 is 31.9 Å². The molecule has 0 atom stereocenters. The fourth-order valence-corrected chi connectivity index (χ4v) is 0. The summed E-state index contributed by atoms with van der Waals surface area (Å²) in [7, 11) is 0. The summed E-state index contributed by atoms with van der Waals surface area (Å²) in [5.41, 5.74) is 0. The SMILES string of the molecule is [Nb].[O]=[Nb](=[O])(=[O])(=[O])=[O]. The van der Waals surface area contributed by atoms with Gasteiger partial charge in [-0.3, -0.25) is 0 Å². The topological polar surface area (TPSA) is 85.3 Å². The van der Waals surface area contributed by atoms with Crippen molar-refractivity contribution in [3.63, 3.8) is 0 Å². The predicted molar refractivity (Wildman–Crippen MR) is 3.43 cm³/mol. The summed E-state index contributed by atoms with van der Waals surface area (Å²) in [5, 5.41) is 0. The van der Waals surface area contributed by atoms with Crippen molar-refractivity contribution >= 4 is 0 Å². The van der Waals surface area contributed by atoms with E-state index in [9.17, 15) is 0 Å². The Labute approximate surface area is 54.2 Å².